The molecule has 2 unspecified atom stereocenters. The third kappa shape index (κ3) is 5.16. The minimum Gasteiger partial charge on any atom is -0.462 e. The van der Waals surface area contributed by atoms with Crippen molar-refractivity contribution in [2.24, 2.45) is 0 Å². The Hall–Kier alpha value is -3.20. The number of anilines is 1. The van der Waals surface area contributed by atoms with Crippen molar-refractivity contribution < 1.29 is 9.53 Å². The van der Waals surface area contributed by atoms with Crippen LogP contribution in [-0.2, 0) is 17.8 Å². The van der Waals surface area contributed by atoms with Gasteiger partial charge in [-0.1, -0.05) is 48.5 Å². The summed E-state index contributed by atoms with van der Waals surface area (Å²) in [5.41, 5.74) is 3.37. The second kappa shape index (κ2) is 11.4. The summed E-state index contributed by atoms with van der Waals surface area (Å²) in [5, 5.41) is 3.02. The van der Waals surface area contributed by atoms with Crippen LogP contribution in [-0.4, -0.2) is 90.0 Å². The Bertz CT molecular complexity index is 1420. The number of hydrogen-bond acceptors (Lipinski definition) is 7. The molecule has 0 bridgehead atoms. The van der Waals surface area contributed by atoms with Crippen LogP contribution in [0.25, 0.3) is 10.8 Å². The van der Waals surface area contributed by atoms with Gasteiger partial charge in [0.1, 0.15) is 12.4 Å². The summed E-state index contributed by atoms with van der Waals surface area (Å²) in [4.78, 5) is 31.0. The van der Waals surface area contributed by atoms with Crippen LogP contribution in [0.1, 0.15) is 35.7 Å². The van der Waals surface area contributed by atoms with E-state index in [4.69, 9.17) is 26.3 Å². The third-order valence-electron chi connectivity index (χ3n) is 8.76. The first-order valence-electron chi connectivity index (χ1n) is 14.2. The van der Waals surface area contributed by atoms with Crippen LogP contribution in [0.3, 0.4) is 0 Å². The largest absolute Gasteiger partial charge is 0.462 e. The predicted molar refractivity (Wildman–Crippen MR) is 159 cm³/mol. The van der Waals surface area contributed by atoms with Crippen molar-refractivity contribution in [1.29, 1.82) is 0 Å². The lowest BCUT2D eigenvalue weighted by molar-refractivity contribution is -0.126. The standard InChI is InChI=1S/C31H37ClN6O2/c1-4-28(39)37-14-16-38(17-15-37)30-24-19-36(3)27(23-11-5-8-21-9-6-12-25(32)29(21)23)18-26(24)33-31(34-30)40-20-22-10-7-13-35(22)2/h4-6,8-9,11-12,22,27H,1,7,10,13-20H2,2-3H3. The monoisotopic (exact) mass is 560 g/mol. The lowest BCUT2D eigenvalue weighted by atomic mass is 9.90. The maximum Gasteiger partial charge on any atom is 0.318 e. The molecule has 1 amide bonds. The van der Waals surface area contributed by atoms with E-state index in [0.717, 1.165) is 52.3 Å². The molecule has 8 nitrogen and oxygen atoms in total. The molecule has 6 rings (SSSR count). The summed E-state index contributed by atoms with van der Waals surface area (Å²) in [6.45, 7) is 8.73. The van der Waals surface area contributed by atoms with E-state index in [2.05, 4.69) is 59.6 Å². The number of piperazine rings is 1. The Kier molecular flexibility index (Phi) is 7.66. The number of ether oxygens (including phenoxy) is 1. The van der Waals surface area contributed by atoms with Gasteiger partial charge in [-0.05, 0) is 56.6 Å². The van der Waals surface area contributed by atoms with Crippen molar-refractivity contribution >= 4 is 34.1 Å². The number of hydrogen-bond donors (Lipinski definition) is 0. The molecule has 0 aliphatic carbocycles. The topological polar surface area (TPSA) is 65.0 Å². The van der Waals surface area contributed by atoms with Crippen molar-refractivity contribution in [2.45, 2.75) is 37.9 Å². The summed E-state index contributed by atoms with van der Waals surface area (Å²) in [6.07, 6.45) is 4.45. The van der Waals surface area contributed by atoms with Crippen LogP contribution in [0.2, 0.25) is 5.02 Å². The molecular weight excluding hydrogens is 524 g/mol. The van der Waals surface area contributed by atoms with Crippen LogP contribution >= 0.6 is 11.6 Å². The fourth-order valence-corrected chi connectivity index (χ4v) is 6.72. The van der Waals surface area contributed by atoms with Gasteiger partial charge in [-0.25, -0.2) is 0 Å². The average molecular weight is 561 g/mol. The molecule has 0 saturated carbocycles. The molecule has 4 heterocycles. The number of carbonyl (C=O) groups excluding carboxylic acids is 1. The van der Waals surface area contributed by atoms with E-state index in [-0.39, 0.29) is 11.9 Å². The fourth-order valence-electron chi connectivity index (χ4n) is 6.43. The zero-order valence-electron chi connectivity index (χ0n) is 23.4. The van der Waals surface area contributed by atoms with E-state index in [1.54, 1.807) is 0 Å². The Labute approximate surface area is 241 Å². The van der Waals surface area contributed by atoms with Crippen molar-refractivity contribution in [2.75, 3.05) is 58.3 Å². The highest BCUT2D eigenvalue weighted by Gasteiger charge is 2.33. The minimum atomic E-state index is -0.0228. The minimum absolute atomic E-state index is 0.0228. The number of benzene rings is 2. The Morgan fingerprint density at radius 2 is 1.85 bits per heavy atom. The second-order valence-corrected chi connectivity index (χ2v) is 11.6. The molecule has 2 saturated heterocycles. The third-order valence-corrected chi connectivity index (χ3v) is 9.08. The summed E-state index contributed by atoms with van der Waals surface area (Å²) in [7, 11) is 4.31. The number of nitrogens with zero attached hydrogens (tertiary/aromatic N) is 6. The molecule has 0 N–H and O–H groups in total. The van der Waals surface area contributed by atoms with E-state index in [1.165, 1.54) is 18.1 Å². The van der Waals surface area contributed by atoms with Gasteiger partial charge in [0.2, 0.25) is 5.91 Å². The molecule has 9 heteroatoms. The predicted octanol–water partition coefficient (Wildman–Crippen LogP) is 4.32. The Balaban J connectivity index is 1.34. The fraction of sp³-hybridized carbons (Fsp3) is 0.452. The first-order valence-corrected chi connectivity index (χ1v) is 14.6. The molecule has 2 fully saturated rings. The molecule has 0 radical (unpaired) electrons. The number of likely N-dealkylation sites (N-methyl/N-ethyl adjacent to an activating group) is 2. The van der Waals surface area contributed by atoms with E-state index in [9.17, 15) is 4.79 Å². The van der Waals surface area contributed by atoms with Gasteiger partial charge in [0.05, 0.1) is 5.69 Å². The molecule has 40 heavy (non-hydrogen) atoms. The first-order chi connectivity index (χ1) is 19.4. The van der Waals surface area contributed by atoms with Crippen LogP contribution in [0.15, 0.2) is 49.1 Å². The molecule has 1 aromatic heterocycles. The molecule has 2 aromatic carbocycles. The maximum atomic E-state index is 12.2. The number of fused-ring (bicyclic) bond motifs is 2. The molecule has 0 spiro atoms. The van der Waals surface area contributed by atoms with E-state index >= 15 is 0 Å². The number of halogens is 1. The average Bonchev–Trinajstić information content (AvgIpc) is 3.39. The van der Waals surface area contributed by atoms with Crippen LogP contribution in [0.5, 0.6) is 6.01 Å². The normalized spacial score (nSPS) is 22.0. The van der Waals surface area contributed by atoms with Crippen LogP contribution in [0.4, 0.5) is 5.82 Å². The highest BCUT2D eigenvalue weighted by molar-refractivity contribution is 6.35. The first kappa shape index (κ1) is 27.0. The highest BCUT2D eigenvalue weighted by atomic mass is 35.5. The number of aromatic nitrogens is 2. The summed E-state index contributed by atoms with van der Waals surface area (Å²) < 4.78 is 6.29. The molecule has 2 atom stereocenters. The van der Waals surface area contributed by atoms with Gasteiger partial charge in [-0.15, -0.1) is 0 Å². The highest BCUT2D eigenvalue weighted by Crippen LogP contribution is 2.40. The SMILES string of the molecule is C=CC(=O)N1CCN(c2nc(OCC3CCCN3C)nc3c2CN(C)C(c2cccc4cccc(Cl)c24)C3)CC1. The van der Waals surface area contributed by atoms with E-state index in [1.807, 2.05) is 17.0 Å². The Morgan fingerprint density at radius 1 is 1.07 bits per heavy atom. The summed E-state index contributed by atoms with van der Waals surface area (Å²) in [5.74, 6) is 0.900. The zero-order valence-corrected chi connectivity index (χ0v) is 24.1. The Morgan fingerprint density at radius 3 is 2.58 bits per heavy atom. The van der Waals surface area contributed by atoms with Crippen molar-refractivity contribution in [3.63, 3.8) is 0 Å². The second-order valence-electron chi connectivity index (χ2n) is 11.2. The molecule has 3 aliphatic rings. The van der Waals surface area contributed by atoms with Gasteiger partial charge in [0.25, 0.3) is 0 Å². The van der Waals surface area contributed by atoms with Crippen molar-refractivity contribution in [3.8, 4) is 6.01 Å². The summed E-state index contributed by atoms with van der Waals surface area (Å²) >= 11 is 6.73. The molecule has 3 aromatic rings. The van der Waals surface area contributed by atoms with Crippen molar-refractivity contribution in [3.05, 3.63) is 70.9 Å². The molecule has 210 valence electrons. The van der Waals surface area contributed by atoms with Gasteiger partial charge in [0, 0.05) is 67.2 Å². The molecular formula is C31H37ClN6O2. The van der Waals surface area contributed by atoms with Gasteiger partial charge in [0.15, 0.2) is 0 Å². The maximum absolute atomic E-state index is 12.2. The lowest BCUT2D eigenvalue weighted by Crippen LogP contribution is -2.49. The van der Waals surface area contributed by atoms with Gasteiger partial charge >= 0.3 is 6.01 Å². The van der Waals surface area contributed by atoms with E-state index < -0.39 is 0 Å². The van der Waals surface area contributed by atoms with Gasteiger partial charge in [-0.2, -0.15) is 9.97 Å². The zero-order chi connectivity index (χ0) is 27.8. The van der Waals surface area contributed by atoms with Gasteiger partial charge < -0.3 is 19.4 Å². The lowest BCUT2D eigenvalue weighted by Gasteiger charge is -2.39. The van der Waals surface area contributed by atoms with E-state index in [0.29, 0.717) is 51.4 Å². The molecule has 3 aliphatic heterocycles. The number of rotatable bonds is 6. The quantitative estimate of drug-likeness (QED) is 0.416. The smallest absolute Gasteiger partial charge is 0.318 e. The summed E-state index contributed by atoms with van der Waals surface area (Å²) in [6, 6.07) is 13.4. The number of carbonyl (C=O) groups is 1. The van der Waals surface area contributed by atoms with Crippen molar-refractivity contribution in [1.82, 2.24) is 24.7 Å². The number of amides is 1. The van der Waals surface area contributed by atoms with Crippen LogP contribution < -0.4 is 9.64 Å². The van der Waals surface area contributed by atoms with Gasteiger partial charge in [-0.3, -0.25) is 9.69 Å². The number of likely N-dealkylation sites (tertiary alicyclic amines) is 1. The van der Waals surface area contributed by atoms with Crippen LogP contribution in [0, 0.1) is 0 Å².